The molecule has 0 aliphatic heterocycles. The van der Waals surface area contributed by atoms with Crippen LogP contribution in [0.2, 0.25) is 0 Å². The van der Waals surface area contributed by atoms with Gasteiger partial charge in [-0.1, -0.05) is 65.7 Å². The number of unbranched alkanes of at least 4 members (excludes halogenated alkanes) is 3. The van der Waals surface area contributed by atoms with E-state index in [-0.39, 0.29) is 0 Å². The first kappa shape index (κ1) is 16.6. The lowest BCUT2D eigenvalue weighted by Crippen LogP contribution is -2.09. The van der Waals surface area contributed by atoms with Crippen molar-refractivity contribution in [1.29, 1.82) is 0 Å². The molecule has 0 aromatic rings. The summed E-state index contributed by atoms with van der Waals surface area (Å²) in [6.45, 7) is 11.6. The minimum Gasteiger partial charge on any atom is -0.0975 e. The van der Waals surface area contributed by atoms with E-state index in [9.17, 15) is 0 Å². The third-order valence-electron chi connectivity index (χ3n) is 2.81. The Morgan fingerprint density at radius 3 is 1.75 bits per heavy atom. The van der Waals surface area contributed by atoms with Gasteiger partial charge in [0.05, 0.1) is 0 Å². The normalized spacial score (nSPS) is 12.7. The van der Waals surface area contributed by atoms with Gasteiger partial charge in [-0.25, -0.2) is 0 Å². The first-order valence-electron chi connectivity index (χ1n) is 6.96. The Hall–Kier alpha value is 0.650. The molecule has 0 rings (SSSR count). The quantitative estimate of drug-likeness (QED) is 0.398. The second-order valence-corrected chi connectivity index (χ2v) is 11.6. The lowest BCUT2D eigenvalue weighted by Gasteiger charge is -2.26. The predicted octanol–water partition coefficient (Wildman–Crippen LogP) is 5.36. The van der Waals surface area contributed by atoms with Gasteiger partial charge in [0.1, 0.15) is 0 Å². The van der Waals surface area contributed by atoms with Crippen molar-refractivity contribution < 1.29 is 0 Å². The summed E-state index contributed by atoms with van der Waals surface area (Å²) in [4.78, 5) is 0. The zero-order chi connectivity index (χ0) is 12.6. The minimum atomic E-state index is -1.04. The fourth-order valence-corrected chi connectivity index (χ4v) is 8.57. The summed E-state index contributed by atoms with van der Waals surface area (Å²) >= 11 is 6.02. The SMILES string of the molecule is CCCCCCP(=S)(CC(C)C)CC(C)C. The molecule has 0 spiro atoms. The summed E-state index contributed by atoms with van der Waals surface area (Å²) in [5, 5.41) is 0. The number of hydrogen-bond acceptors (Lipinski definition) is 1. The summed E-state index contributed by atoms with van der Waals surface area (Å²) in [6, 6.07) is -1.04. The molecule has 0 saturated carbocycles. The molecule has 0 nitrogen and oxygen atoms in total. The van der Waals surface area contributed by atoms with E-state index in [1.807, 2.05) is 0 Å². The van der Waals surface area contributed by atoms with Crippen LogP contribution in [0.1, 0.15) is 60.3 Å². The topological polar surface area (TPSA) is 0 Å². The van der Waals surface area contributed by atoms with Crippen LogP contribution < -0.4 is 0 Å². The Morgan fingerprint density at radius 2 is 1.38 bits per heavy atom. The van der Waals surface area contributed by atoms with Gasteiger partial charge >= 0.3 is 0 Å². The van der Waals surface area contributed by atoms with Crippen molar-refractivity contribution in [2.75, 3.05) is 18.5 Å². The van der Waals surface area contributed by atoms with E-state index >= 15 is 0 Å². The molecule has 0 atom stereocenters. The van der Waals surface area contributed by atoms with Crippen LogP contribution in [0.4, 0.5) is 0 Å². The van der Waals surface area contributed by atoms with E-state index < -0.39 is 6.04 Å². The lowest BCUT2D eigenvalue weighted by atomic mass is 10.2. The average molecular weight is 262 g/mol. The number of hydrogen-bond donors (Lipinski definition) is 0. The lowest BCUT2D eigenvalue weighted by molar-refractivity contribution is 0.689. The van der Waals surface area contributed by atoms with E-state index in [0.717, 1.165) is 11.8 Å². The van der Waals surface area contributed by atoms with Crippen LogP contribution in [0.15, 0.2) is 0 Å². The Morgan fingerprint density at radius 1 is 0.875 bits per heavy atom. The highest BCUT2D eigenvalue weighted by atomic mass is 32.4. The molecule has 16 heavy (non-hydrogen) atoms. The van der Waals surface area contributed by atoms with Crippen LogP contribution in [0.25, 0.3) is 0 Å². The van der Waals surface area contributed by atoms with E-state index in [0.29, 0.717) is 0 Å². The Bertz CT molecular complexity index is 195. The van der Waals surface area contributed by atoms with Gasteiger partial charge in [0, 0.05) is 0 Å². The Labute approximate surface area is 109 Å². The largest absolute Gasteiger partial charge is 0.0975 e. The van der Waals surface area contributed by atoms with E-state index in [2.05, 4.69) is 34.6 Å². The highest BCUT2D eigenvalue weighted by Crippen LogP contribution is 2.50. The smallest absolute Gasteiger partial charge is 0.0211 e. The van der Waals surface area contributed by atoms with Crippen molar-refractivity contribution in [3.05, 3.63) is 0 Å². The van der Waals surface area contributed by atoms with E-state index in [4.69, 9.17) is 11.8 Å². The summed E-state index contributed by atoms with van der Waals surface area (Å²) < 4.78 is 0. The molecule has 98 valence electrons. The second kappa shape index (κ2) is 8.70. The molecule has 0 bridgehead atoms. The Balaban J connectivity index is 4.14. The molecule has 0 heterocycles. The monoisotopic (exact) mass is 262 g/mol. The molecule has 0 N–H and O–H groups in total. The molecule has 0 amide bonds. The molecular weight excluding hydrogens is 231 g/mol. The van der Waals surface area contributed by atoms with Crippen molar-refractivity contribution in [1.82, 2.24) is 0 Å². The third kappa shape index (κ3) is 8.76. The molecule has 0 radical (unpaired) electrons. The van der Waals surface area contributed by atoms with Crippen molar-refractivity contribution in [3.8, 4) is 0 Å². The van der Waals surface area contributed by atoms with Crippen LogP contribution >= 0.6 is 6.04 Å². The van der Waals surface area contributed by atoms with Crippen molar-refractivity contribution in [2.45, 2.75) is 60.3 Å². The van der Waals surface area contributed by atoms with Gasteiger partial charge in [-0.2, -0.15) is 0 Å². The standard InChI is InChI=1S/C14H31PS/c1-6-7-8-9-10-15(16,11-13(2)3)12-14(4)5/h13-14H,6-12H2,1-5H3. The third-order valence-corrected chi connectivity index (χ3v) is 8.18. The molecule has 2 heteroatoms. The Kier molecular flexibility index (Phi) is 9.05. The number of rotatable bonds is 9. The van der Waals surface area contributed by atoms with Gasteiger partial charge in [-0.05, 0) is 42.8 Å². The van der Waals surface area contributed by atoms with Crippen molar-refractivity contribution in [3.63, 3.8) is 0 Å². The van der Waals surface area contributed by atoms with Crippen LogP contribution in [0.5, 0.6) is 0 Å². The molecule has 0 unspecified atom stereocenters. The summed E-state index contributed by atoms with van der Waals surface area (Å²) in [7, 11) is 0. The molecule has 0 saturated heterocycles. The summed E-state index contributed by atoms with van der Waals surface area (Å²) in [6.07, 6.45) is 9.50. The van der Waals surface area contributed by atoms with Gasteiger partial charge in [0.25, 0.3) is 0 Å². The summed E-state index contributed by atoms with van der Waals surface area (Å²) in [5.41, 5.74) is 0. The average Bonchev–Trinajstić information content (AvgIpc) is 2.09. The maximum absolute atomic E-state index is 6.02. The maximum Gasteiger partial charge on any atom is -0.0211 e. The summed E-state index contributed by atoms with van der Waals surface area (Å²) in [5.74, 6) is 1.58. The van der Waals surface area contributed by atoms with Crippen LogP contribution in [-0.4, -0.2) is 18.5 Å². The van der Waals surface area contributed by atoms with E-state index in [1.165, 1.54) is 44.2 Å². The van der Waals surface area contributed by atoms with Crippen molar-refractivity contribution in [2.24, 2.45) is 11.8 Å². The first-order valence-corrected chi connectivity index (χ1v) is 10.3. The highest BCUT2D eigenvalue weighted by molar-refractivity contribution is 8.14. The molecule has 0 aromatic heterocycles. The van der Waals surface area contributed by atoms with Crippen LogP contribution in [0, 0.1) is 11.8 Å². The molecule has 0 aliphatic rings. The fourth-order valence-electron chi connectivity index (χ4n) is 2.41. The first-order chi connectivity index (χ1) is 7.39. The van der Waals surface area contributed by atoms with Crippen molar-refractivity contribution >= 4 is 17.8 Å². The van der Waals surface area contributed by atoms with Gasteiger partial charge in [0.2, 0.25) is 0 Å². The highest BCUT2D eigenvalue weighted by Gasteiger charge is 2.19. The van der Waals surface area contributed by atoms with Crippen LogP contribution in [-0.2, 0) is 11.8 Å². The molecular formula is C14H31PS. The zero-order valence-electron chi connectivity index (χ0n) is 12.0. The minimum absolute atomic E-state index is 0.788. The second-order valence-electron chi connectivity index (χ2n) is 6.00. The maximum atomic E-state index is 6.02. The predicted molar refractivity (Wildman–Crippen MR) is 82.7 cm³/mol. The van der Waals surface area contributed by atoms with Gasteiger partial charge in [0.15, 0.2) is 0 Å². The fraction of sp³-hybridized carbons (Fsp3) is 1.00. The van der Waals surface area contributed by atoms with E-state index in [1.54, 1.807) is 0 Å². The van der Waals surface area contributed by atoms with Gasteiger partial charge in [-0.3, -0.25) is 0 Å². The molecule has 0 fully saturated rings. The van der Waals surface area contributed by atoms with Gasteiger partial charge < -0.3 is 0 Å². The molecule has 0 aromatic carbocycles. The zero-order valence-corrected chi connectivity index (χ0v) is 13.7. The molecule has 0 aliphatic carbocycles. The van der Waals surface area contributed by atoms with Gasteiger partial charge in [-0.15, -0.1) is 0 Å². The van der Waals surface area contributed by atoms with Crippen LogP contribution in [0.3, 0.4) is 0 Å².